The van der Waals surface area contributed by atoms with E-state index in [0.717, 1.165) is 25.7 Å². The third kappa shape index (κ3) is 11.2. The molecule has 0 bridgehead atoms. The quantitative estimate of drug-likeness (QED) is 0.0630. The highest BCUT2D eigenvalue weighted by Crippen LogP contribution is 2.45. The monoisotopic (exact) mass is 578 g/mol. The van der Waals surface area contributed by atoms with E-state index in [0.29, 0.717) is 46.3 Å². The highest BCUT2D eigenvalue weighted by atomic mass is 16.5. The topological polar surface area (TPSA) is 58.9 Å². The maximum absolute atomic E-state index is 11.1. The molecule has 0 spiro atoms. The van der Waals surface area contributed by atoms with Crippen molar-refractivity contribution in [1.29, 1.82) is 0 Å². The molecule has 0 saturated carbocycles. The lowest BCUT2D eigenvalue weighted by Crippen LogP contribution is -2.03. The molecule has 2 N–H and O–H groups in total. The molecule has 0 aliphatic carbocycles. The fraction of sp³-hybridized carbons (Fsp3) is 0.632. The first-order valence-electron chi connectivity index (χ1n) is 17.3. The van der Waals surface area contributed by atoms with Gasteiger partial charge in [0.05, 0.1) is 13.2 Å². The Morgan fingerprint density at radius 2 is 0.738 bits per heavy atom. The van der Waals surface area contributed by atoms with Gasteiger partial charge in [0.25, 0.3) is 0 Å². The summed E-state index contributed by atoms with van der Waals surface area (Å²) in [7, 11) is 0. The van der Waals surface area contributed by atoms with Gasteiger partial charge in [0, 0.05) is 21.5 Å². The van der Waals surface area contributed by atoms with Gasteiger partial charge in [-0.1, -0.05) is 154 Å². The van der Waals surface area contributed by atoms with Crippen LogP contribution in [0.5, 0.6) is 23.0 Å². The summed E-state index contributed by atoms with van der Waals surface area (Å²) in [6.45, 7) is 5.78. The Labute approximate surface area is 255 Å². The molecule has 0 saturated heterocycles. The number of phenols is 2. The van der Waals surface area contributed by atoms with E-state index in [9.17, 15) is 10.2 Å². The van der Waals surface area contributed by atoms with Crippen molar-refractivity contribution >= 4 is 21.5 Å². The molecule has 4 heteroatoms. The second kappa shape index (κ2) is 20.3. The lowest BCUT2D eigenvalue weighted by atomic mass is 10.00. The van der Waals surface area contributed by atoms with Crippen LogP contribution in [0.3, 0.4) is 0 Å². The Hall–Kier alpha value is -2.62. The molecule has 4 nitrogen and oxygen atoms in total. The van der Waals surface area contributed by atoms with E-state index in [1.54, 1.807) is 0 Å². The van der Waals surface area contributed by atoms with E-state index in [1.807, 2.05) is 36.4 Å². The van der Waals surface area contributed by atoms with E-state index in [-0.39, 0.29) is 11.5 Å². The highest BCUT2D eigenvalue weighted by Gasteiger charge is 2.17. The molecule has 42 heavy (non-hydrogen) atoms. The lowest BCUT2D eigenvalue weighted by Gasteiger charge is -2.16. The number of fused-ring (bicyclic) bond motifs is 2. The summed E-state index contributed by atoms with van der Waals surface area (Å²) in [5, 5.41) is 24.6. The maximum Gasteiger partial charge on any atom is 0.161 e. The summed E-state index contributed by atoms with van der Waals surface area (Å²) in [5.41, 5.74) is 0. The largest absolute Gasteiger partial charge is 0.507 e. The van der Waals surface area contributed by atoms with Crippen LogP contribution in [0.4, 0.5) is 0 Å². The Morgan fingerprint density at radius 3 is 1.07 bits per heavy atom. The Balaban J connectivity index is 1.53. The third-order valence-corrected chi connectivity index (χ3v) is 8.54. The number of benzene rings is 3. The number of hydrogen-bond acceptors (Lipinski definition) is 4. The number of hydrogen-bond donors (Lipinski definition) is 2. The smallest absolute Gasteiger partial charge is 0.161 e. The van der Waals surface area contributed by atoms with E-state index in [1.165, 1.54) is 103 Å². The van der Waals surface area contributed by atoms with Gasteiger partial charge in [-0.05, 0) is 25.0 Å². The molecular weight excluding hydrogens is 520 g/mol. The van der Waals surface area contributed by atoms with Gasteiger partial charge in [-0.15, -0.1) is 0 Å². The minimum Gasteiger partial charge on any atom is -0.507 e. The molecule has 0 aromatic heterocycles. The van der Waals surface area contributed by atoms with E-state index in [2.05, 4.69) is 13.8 Å². The molecule has 0 aliphatic rings. The van der Waals surface area contributed by atoms with Crippen LogP contribution in [0.25, 0.3) is 21.5 Å². The van der Waals surface area contributed by atoms with Gasteiger partial charge >= 0.3 is 0 Å². The molecule has 3 aromatic carbocycles. The fourth-order valence-electron chi connectivity index (χ4n) is 5.91. The summed E-state index contributed by atoms with van der Waals surface area (Å²) >= 11 is 0. The molecule has 0 fully saturated rings. The molecule has 0 radical (unpaired) electrons. The van der Waals surface area contributed by atoms with Gasteiger partial charge in [-0.25, -0.2) is 0 Å². The summed E-state index contributed by atoms with van der Waals surface area (Å²) in [6.07, 6.45) is 25.7. The van der Waals surface area contributed by atoms with Crippen LogP contribution >= 0.6 is 0 Å². The van der Waals surface area contributed by atoms with Gasteiger partial charge in [0.15, 0.2) is 11.5 Å². The van der Waals surface area contributed by atoms with Crippen molar-refractivity contribution < 1.29 is 19.7 Å². The molecule has 0 amide bonds. The van der Waals surface area contributed by atoms with Crippen LogP contribution in [0.2, 0.25) is 0 Å². The first-order chi connectivity index (χ1) is 20.7. The minimum absolute atomic E-state index is 0.170. The van der Waals surface area contributed by atoms with Crippen molar-refractivity contribution in [2.75, 3.05) is 13.2 Å². The first-order valence-corrected chi connectivity index (χ1v) is 17.3. The van der Waals surface area contributed by atoms with Crippen LogP contribution in [-0.4, -0.2) is 23.4 Å². The third-order valence-electron chi connectivity index (χ3n) is 8.54. The Bertz CT molecular complexity index is 1060. The number of unbranched alkanes of at least 4 members (excludes halogenated alkanes) is 18. The minimum atomic E-state index is 0.170. The first kappa shape index (κ1) is 33.9. The molecule has 0 unspecified atom stereocenters. The number of phenolic OH excluding ortho intramolecular Hbond substituents is 2. The molecule has 3 aromatic rings. The Morgan fingerprint density at radius 1 is 0.429 bits per heavy atom. The molecule has 234 valence electrons. The summed E-state index contributed by atoms with van der Waals surface area (Å²) < 4.78 is 12.5. The standard InChI is InChI=1S/C38H58O4/c1-3-5-7-9-11-13-15-17-19-23-27-41-35-29-33-34(38(40)32-26-22-21-25-31(32)37(33)39)30-36(35)42-28-24-20-18-16-14-12-10-8-6-4-2/h21-22,25-26,29-30,39-40H,3-20,23-24,27-28H2,1-2H3. The van der Waals surface area contributed by atoms with Crippen molar-refractivity contribution in [1.82, 2.24) is 0 Å². The van der Waals surface area contributed by atoms with Crippen LogP contribution in [0, 0.1) is 0 Å². The van der Waals surface area contributed by atoms with Crippen LogP contribution < -0.4 is 9.47 Å². The van der Waals surface area contributed by atoms with Crippen molar-refractivity contribution in [3.63, 3.8) is 0 Å². The average Bonchev–Trinajstić information content (AvgIpc) is 3.01. The summed E-state index contributed by atoms with van der Waals surface area (Å²) in [6, 6.07) is 11.1. The predicted octanol–water partition coefficient (Wildman–Crippen LogP) is 12.0. The predicted molar refractivity (Wildman–Crippen MR) is 179 cm³/mol. The van der Waals surface area contributed by atoms with Gasteiger partial charge < -0.3 is 19.7 Å². The summed E-state index contributed by atoms with van der Waals surface area (Å²) in [4.78, 5) is 0. The fourth-order valence-corrected chi connectivity index (χ4v) is 5.91. The molecule has 0 aliphatic heterocycles. The van der Waals surface area contributed by atoms with E-state index < -0.39 is 0 Å². The van der Waals surface area contributed by atoms with Gasteiger partial charge in [0.1, 0.15) is 11.5 Å². The zero-order chi connectivity index (χ0) is 29.8. The summed E-state index contributed by atoms with van der Waals surface area (Å²) in [5.74, 6) is 1.64. The SMILES string of the molecule is CCCCCCCCCCCCOc1cc2c(O)c3ccccc3c(O)c2cc1OCCCCCCCCCCCC. The van der Waals surface area contributed by atoms with Crippen LogP contribution in [-0.2, 0) is 0 Å². The number of aromatic hydroxyl groups is 2. The second-order valence-electron chi connectivity index (χ2n) is 12.1. The van der Waals surface area contributed by atoms with Gasteiger partial charge in [0.2, 0.25) is 0 Å². The zero-order valence-electron chi connectivity index (χ0n) is 26.7. The van der Waals surface area contributed by atoms with E-state index >= 15 is 0 Å². The highest BCUT2D eigenvalue weighted by molar-refractivity contribution is 6.11. The Kier molecular flexibility index (Phi) is 16.4. The van der Waals surface area contributed by atoms with Crippen molar-refractivity contribution in [2.24, 2.45) is 0 Å². The van der Waals surface area contributed by atoms with Crippen molar-refractivity contribution in [3.05, 3.63) is 36.4 Å². The lowest BCUT2D eigenvalue weighted by molar-refractivity contribution is 0.259. The van der Waals surface area contributed by atoms with Gasteiger partial charge in [-0.2, -0.15) is 0 Å². The molecule has 0 heterocycles. The normalized spacial score (nSPS) is 11.5. The van der Waals surface area contributed by atoms with E-state index in [4.69, 9.17) is 9.47 Å². The maximum atomic E-state index is 11.1. The zero-order valence-corrected chi connectivity index (χ0v) is 26.7. The van der Waals surface area contributed by atoms with Crippen molar-refractivity contribution in [2.45, 2.75) is 142 Å². The average molecular weight is 579 g/mol. The van der Waals surface area contributed by atoms with Crippen LogP contribution in [0.1, 0.15) is 142 Å². The van der Waals surface area contributed by atoms with Crippen LogP contribution in [0.15, 0.2) is 36.4 Å². The van der Waals surface area contributed by atoms with Gasteiger partial charge in [-0.3, -0.25) is 0 Å². The molecule has 0 atom stereocenters. The molecule has 3 rings (SSSR count). The molecular formula is C38H58O4. The second-order valence-corrected chi connectivity index (χ2v) is 12.1. The number of rotatable bonds is 24. The van der Waals surface area contributed by atoms with Crippen molar-refractivity contribution in [3.8, 4) is 23.0 Å². The number of ether oxygens (including phenoxy) is 2.